The molecule has 0 radical (unpaired) electrons. The maximum Gasteiger partial charge on any atom is 0.122 e. The van der Waals surface area contributed by atoms with Crippen molar-refractivity contribution in [3.05, 3.63) is 45.4 Å². The molecule has 0 atom stereocenters. The van der Waals surface area contributed by atoms with E-state index in [-0.39, 0.29) is 0 Å². The summed E-state index contributed by atoms with van der Waals surface area (Å²) in [7, 11) is 1.72. The van der Waals surface area contributed by atoms with Gasteiger partial charge in [0.2, 0.25) is 0 Å². The molecule has 0 aliphatic carbocycles. The molecule has 2 rings (SSSR count). The number of thiazole rings is 1. The van der Waals surface area contributed by atoms with Gasteiger partial charge in [0, 0.05) is 23.4 Å². The summed E-state index contributed by atoms with van der Waals surface area (Å²) in [5.41, 5.74) is 2.42. The van der Waals surface area contributed by atoms with Crippen molar-refractivity contribution in [2.45, 2.75) is 33.2 Å². The molecule has 3 nitrogen and oxygen atoms in total. The number of hydrogen-bond donors (Lipinski definition) is 1. The molecule has 0 aliphatic heterocycles. The van der Waals surface area contributed by atoms with Crippen molar-refractivity contribution >= 4 is 11.3 Å². The Bertz CT molecular complexity index is 551. The van der Waals surface area contributed by atoms with E-state index < -0.39 is 0 Å². The van der Waals surface area contributed by atoms with Crippen LogP contribution < -0.4 is 10.1 Å². The van der Waals surface area contributed by atoms with Gasteiger partial charge in [0.25, 0.3) is 0 Å². The molecule has 0 saturated carbocycles. The fraction of sp³-hybridized carbons (Fsp3) is 0.438. The third kappa shape index (κ3) is 3.58. The first kappa shape index (κ1) is 15.0. The van der Waals surface area contributed by atoms with E-state index >= 15 is 0 Å². The molecule has 1 aromatic carbocycles. The van der Waals surface area contributed by atoms with Gasteiger partial charge in [0.1, 0.15) is 5.75 Å². The second kappa shape index (κ2) is 7.41. The zero-order valence-corrected chi connectivity index (χ0v) is 13.2. The average Bonchev–Trinajstić information content (AvgIpc) is 2.87. The minimum Gasteiger partial charge on any atom is -0.496 e. The van der Waals surface area contributed by atoms with E-state index in [1.54, 1.807) is 7.11 Å². The van der Waals surface area contributed by atoms with Gasteiger partial charge in [-0.15, -0.1) is 11.3 Å². The highest BCUT2D eigenvalue weighted by Gasteiger charge is 2.11. The van der Waals surface area contributed by atoms with Crippen LogP contribution in [0.5, 0.6) is 5.75 Å². The van der Waals surface area contributed by atoms with Gasteiger partial charge in [0.05, 0.1) is 17.8 Å². The average molecular weight is 290 g/mol. The van der Waals surface area contributed by atoms with Crippen molar-refractivity contribution in [2.24, 2.45) is 0 Å². The van der Waals surface area contributed by atoms with Gasteiger partial charge < -0.3 is 10.1 Å². The van der Waals surface area contributed by atoms with Crippen LogP contribution >= 0.6 is 11.3 Å². The molecule has 0 aliphatic rings. The maximum atomic E-state index is 5.41. The molecule has 1 heterocycles. The van der Waals surface area contributed by atoms with Crippen molar-refractivity contribution in [1.82, 2.24) is 10.3 Å². The lowest BCUT2D eigenvalue weighted by Gasteiger charge is -2.05. The highest BCUT2D eigenvalue weighted by Crippen LogP contribution is 2.25. The minimum atomic E-state index is 0.841. The molecular formula is C16H22N2OS. The number of methoxy groups -OCH3 is 1. The molecule has 0 saturated heterocycles. The number of hydrogen-bond acceptors (Lipinski definition) is 4. The Morgan fingerprint density at radius 1 is 1.25 bits per heavy atom. The number of benzene rings is 1. The molecule has 0 unspecified atom stereocenters. The third-order valence-electron chi connectivity index (χ3n) is 3.23. The van der Waals surface area contributed by atoms with Crippen LogP contribution in [-0.4, -0.2) is 18.6 Å². The molecule has 0 spiro atoms. The largest absolute Gasteiger partial charge is 0.496 e. The normalized spacial score (nSPS) is 10.8. The summed E-state index contributed by atoms with van der Waals surface area (Å²) in [6.45, 7) is 6.20. The van der Waals surface area contributed by atoms with Crippen molar-refractivity contribution in [3.63, 3.8) is 0 Å². The van der Waals surface area contributed by atoms with Crippen LogP contribution in [0.3, 0.4) is 0 Å². The van der Waals surface area contributed by atoms with Crippen LogP contribution in [0, 0.1) is 0 Å². The van der Waals surface area contributed by atoms with E-state index in [4.69, 9.17) is 9.72 Å². The van der Waals surface area contributed by atoms with Crippen LogP contribution in [0.4, 0.5) is 0 Å². The van der Waals surface area contributed by atoms with Gasteiger partial charge in [-0.1, -0.05) is 32.0 Å². The van der Waals surface area contributed by atoms with Gasteiger partial charge >= 0.3 is 0 Å². The van der Waals surface area contributed by atoms with Gasteiger partial charge in [-0.2, -0.15) is 0 Å². The molecule has 4 heteroatoms. The van der Waals surface area contributed by atoms with Gasteiger partial charge in [-0.25, -0.2) is 4.98 Å². The number of rotatable bonds is 7. The second-order valence-electron chi connectivity index (χ2n) is 4.60. The van der Waals surface area contributed by atoms with Crippen molar-refractivity contribution in [3.8, 4) is 5.75 Å². The molecule has 0 amide bonds. The van der Waals surface area contributed by atoms with E-state index in [1.807, 2.05) is 29.5 Å². The summed E-state index contributed by atoms with van der Waals surface area (Å²) >= 11 is 1.81. The van der Waals surface area contributed by atoms with Gasteiger partial charge in [-0.3, -0.25) is 0 Å². The fourth-order valence-corrected chi connectivity index (χ4v) is 3.33. The number of ether oxygens (including phenoxy) is 1. The molecule has 2 aromatic rings. The Morgan fingerprint density at radius 3 is 2.75 bits per heavy atom. The summed E-state index contributed by atoms with van der Waals surface area (Å²) in [6, 6.07) is 8.16. The smallest absolute Gasteiger partial charge is 0.122 e. The second-order valence-corrected chi connectivity index (χ2v) is 5.77. The Labute approximate surface area is 125 Å². The standard InChI is InChI=1S/C16H22N2OS/c1-4-13-15(11-17-5-2)20-16(18-13)10-12-8-6-7-9-14(12)19-3/h6-9,17H,4-5,10-11H2,1-3H3. The lowest BCUT2D eigenvalue weighted by atomic mass is 10.1. The highest BCUT2D eigenvalue weighted by atomic mass is 32.1. The molecule has 1 aromatic heterocycles. The van der Waals surface area contributed by atoms with E-state index in [0.29, 0.717) is 0 Å². The first-order valence-corrected chi connectivity index (χ1v) is 7.90. The van der Waals surface area contributed by atoms with Crippen LogP contribution in [0.2, 0.25) is 0 Å². The van der Waals surface area contributed by atoms with Crippen LogP contribution in [0.15, 0.2) is 24.3 Å². The SMILES string of the molecule is CCNCc1sc(Cc2ccccc2OC)nc1CC. The number of nitrogens with zero attached hydrogens (tertiary/aromatic N) is 1. The minimum absolute atomic E-state index is 0.841. The summed E-state index contributed by atoms with van der Waals surface area (Å²) in [5, 5.41) is 4.55. The predicted octanol–water partition coefficient (Wildman–Crippen LogP) is 3.41. The van der Waals surface area contributed by atoms with Crippen molar-refractivity contribution in [1.29, 1.82) is 0 Å². The molecule has 108 valence electrons. The summed E-state index contributed by atoms with van der Waals surface area (Å²) < 4.78 is 5.41. The topological polar surface area (TPSA) is 34.1 Å². The first-order valence-electron chi connectivity index (χ1n) is 7.08. The number of nitrogens with one attached hydrogen (secondary N) is 1. The highest BCUT2D eigenvalue weighted by molar-refractivity contribution is 7.11. The van der Waals surface area contributed by atoms with E-state index in [0.717, 1.165) is 31.7 Å². The summed E-state index contributed by atoms with van der Waals surface area (Å²) in [5.74, 6) is 0.939. The van der Waals surface area contributed by atoms with Crippen LogP contribution in [-0.2, 0) is 19.4 Å². The lowest BCUT2D eigenvalue weighted by molar-refractivity contribution is 0.410. The van der Waals surface area contributed by atoms with E-state index in [1.165, 1.54) is 21.1 Å². The zero-order valence-electron chi connectivity index (χ0n) is 12.4. The van der Waals surface area contributed by atoms with E-state index in [9.17, 15) is 0 Å². The first-order chi connectivity index (χ1) is 9.78. The lowest BCUT2D eigenvalue weighted by Crippen LogP contribution is -2.11. The Balaban J connectivity index is 2.18. The molecular weight excluding hydrogens is 268 g/mol. The molecule has 20 heavy (non-hydrogen) atoms. The Kier molecular flexibility index (Phi) is 5.56. The van der Waals surface area contributed by atoms with E-state index in [2.05, 4.69) is 25.2 Å². The van der Waals surface area contributed by atoms with Crippen molar-refractivity contribution < 1.29 is 4.74 Å². The molecule has 1 N–H and O–H groups in total. The third-order valence-corrected chi connectivity index (χ3v) is 4.32. The monoisotopic (exact) mass is 290 g/mol. The summed E-state index contributed by atoms with van der Waals surface area (Å²) in [6.07, 6.45) is 1.83. The predicted molar refractivity (Wildman–Crippen MR) is 84.7 cm³/mol. The molecule has 0 fully saturated rings. The van der Waals surface area contributed by atoms with Gasteiger partial charge in [-0.05, 0) is 19.0 Å². The number of aromatic nitrogens is 1. The number of para-hydroxylation sites is 1. The van der Waals surface area contributed by atoms with Crippen LogP contribution in [0.25, 0.3) is 0 Å². The Hall–Kier alpha value is -1.39. The summed E-state index contributed by atoms with van der Waals surface area (Å²) in [4.78, 5) is 6.14. The zero-order chi connectivity index (χ0) is 14.4. The maximum absolute atomic E-state index is 5.41. The van der Waals surface area contributed by atoms with Crippen LogP contribution in [0.1, 0.15) is 35.0 Å². The van der Waals surface area contributed by atoms with Crippen molar-refractivity contribution in [2.75, 3.05) is 13.7 Å². The fourth-order valence-electron chi connectivity index (χ4n) is 2.18. The molecule has 0 bridgehead atoms. The van der Waals surface area contributed by atoms with Gasteiger partial charge in [0.15, 0.2) is 0 Å². The quantitative estimate of drug-likeness (QED) is 0.848. The Morgan fingerprint density at radius 2 is 2.05 bits per heavy atom. The number of aryl methyl sites for hydroxylation is 1.